The van der Waals surface area contributed by atoms with Gasteiger partial charge >= 0.3 is 0 Å². The topological polar surface area (TPSA) is 0 Å². The minimum absolute atomic E-state index is 0.867. The van der Waals surface area contributed by atoms with Crippen molar-refractivity contribution in [1.29, 1.82) is 0 Å². The van der Waals surface area contributed by atoms with Crippen LogP contribution in [0.5, 0.6) is 0 Å². The van der Waals surface area contributed by atoms with Crippen LogP contribution in [0.25, 0.3) is 0 Å². The fourth-order valence-electron chi connectivity index (χ4n) is 2.03. The van der Waals surface area contributed by atoms with E-state index >= 15 is 0 Å². The highest BCUT2D eigenvalue weighted by atomic mass is 79.9. The second-order valence-electron chi connectivity index (χ2n) is 5.30. The van der Waals surface area contributed by atoms with E-state index < -0.39 is 0 Å². The van der Waals surface area contributed by atoms with Gasteiger partial charge < -0.3 is 0 Å². The molecule has 0 fully saturated rings. The van der Waals surface area contributed by atoms with E-state index in [1.165, 1.54) is 49.7 Å². The molecule has 0 aromatic heterocycles. The van der Waals surface area contributed by atoms with Gasteiger partial charge in [-0.2, -0.15) is 0 Å². The highest BCUT2D eigenvalue weighted by Gasteiger charge is 1.96. The van der Waals surface area contributed by atoms with E-state index in [0.29, 0.717) is 0 Å². The number of aryl methyl sites for hydroxylation is 1. The number of alkyl halides is 1. The molecule has 96 valence electrons. The monoisotopic (exact) mass is 296 g/mol. The Bertz CT molecular complexity index is 287. The van der Waals surface area contributed by atoms with Crippen LogP contribution in [-0.2, 0) is 11.8 Å². The van der Waals surface area contributed by atoms with Crippen molar-refractivity contribution in [3.8, 4) is 0 Å². The van der Waals surface area contributed by atoms with Gasteiger partial charge in [0.05, 0.1) is 0 Å². The van der Waals surface area contributed by atoms with Gasteiger partial charge in [0.15, 0.2) is 0 Å². The summed E-state index contributed by atoms with van der Waals surface area (Å²) in [4.78, 5) is 0. The third-order valence-electron chi connectivity index (χ3n) is 3.17. The zero-order chi connectivity index (χ0) is 12.5. The van der Waals surface area contributed by atoms with Crippen LogP contribution in [0.2, 0.25) is 0 Å². The SMILES string of the molecule is CC(C)CCCCCCc1ccc(CBr)cc1. The molecule has 0 saturated carbocycles. The fourth-order valence-corrected chi connectivity index (χ4v) is 2.40. The van der Waals surface area contributed by atoms with Gasteiger partial charge in [-0.3, -0.25) is 0 Å². The molecule has 0 bridgehead atoms. The molecular formula is C16H25Br. The average Bonchev–Trinajstić information content (AvgIpc) is 2.34. The summed E-state index contributed by atoms with van der Waals surface area (Å²) in [5.74, 6) is 0.867. The van der Waals surface area contributed by atoms with Crippen molar-refractivity contribution in [3.63, 3.8) is 0 Å². The first-order valence-electron chi connectivity index (χ1n) is 6.86. The van der Waals surface area contributed by atoms with Crippen molar-refractivity contribution >= 4 is 15.9 Å². The number of rotatable bonds is 8. The van der Waals surface area contributed by atoms with Crippen LogP contribution < -0.4 is 0 Å². The predicted molar refractivity (Wildman–Crippen MR) is 80.7 cm³/mol. The van der Waals surface area contributed by atoms with E-state index in [4.69, 9.17) is 0 Å². The predicted octanol–water partition coefficient (Wildman–Crippen LogP) is 5.73. The second-order valence-corrected chi connectivity index (χ2v) is 5.86. The van der Waals surface area contributed by atoms with Gasteiger partial charge in [-0.1, -0.05) is 79.7 Å². The zero-order valence-corrected chi connectivity index (χ0v) is 12.8. The van der Waals surface area contributed by atoms with E-state index in [2.05, 4.69) is 54.0 Å². The molecule has 1 aromatic carbocycles. The van der Waals surface area contributed by atoms with Crippen molar-refractivity contribution in [3.05, 3.63) is 35.4 Å². The van der Waals surface area contributed by atoms with Gasteiger partial charge in [0.2, 0.25) is 0 Å². The zero-order valence-electron chi connectivity index (χ0n) is 11.2. The summed E-state index contributed by atoms with van der Waals surface area (Å²) in [5, 5.41) is 0.961. The number of hydrogen-bond donors (Lipinski definition) is 0. The van der Waals surface area contributed by atoms with Crippen LogP contribution in [0.15, 0.2) is 24.3 Å². The third-order valence-corrected chi connectivity index (χ3v) is 3.82. The van der Waals surface area contributed by atoms with Crippen LogP contribution in [0.1, 0.15) is 57.1 Å². The van der Waals surface area contributed by atoms with E-state index in [1.807, 2.05) is 0 Å². The first-order valence-corrected chi connectivity index (χ1v) is 7.98. The molecule has 1 rings (SSSR count). The van der Waals surface area contributed by atoms with Crippen LogP contribution in [0.3, 0.4) is 0 Å². The summed E-state index contributed by atoms with van der Waals surface area (Å²) in [7, 11) is 0. The first-order chi connectivity index (χ1) is 8.22. The molecule has 1 heteroatoms. The minimum Gasteiger partial charge on any atom is -0.0876 e. The molecule has 1 aromatic rings. The molecule has 17 heavy (non-hydrogen) atoms. The van der Waals surface area contributed by atoms with Crippen molar-refractivity contribution in [1.82, 2.24) is 0 Å². The third kappa shape index (κ3) is 6.88. The van der Waals surface area contributed by atoms with Crippen LogP contribution in [0.4, 0.5) is 0 Å². The molecule has 0 atom stereocenters. The average molecular weight is 297 g/mol. The molecule has 0 aliphatic carbocycles. The lowest BCUT2D eigenvalue weighted by Gasteiger charge is -2.05. The summed E-state index contributed by atoms with van der Waals surface area (Å²) in [6.45, 7) is 4.62. The summed E-state index contributed by atoms with van der Waals surface area (Å²) >= 11 is 3.47. The van der Waals surface area contributed by atoms with Crippen molar-refractivity contribution in [2.45, 2.75) is 57.7 Å². The smallest absolute Gasteiger partial charge is 0.0283 e. The van der Waals surface area contributed by atoms with Crippen LogP contribution in [-0.4, -0.2) is 0 Å². The van der Waals surface area contributed by atoms with E-state index in [0.717, 1.165) is 11.2 Å². The van der Waals surface area contributed by atoms with Gasteiger partial charge in [-0.15, -0.1) is 0 Å². The minimum atomic E-state index is 0.867. The maximum atomic E-state index is 3.47. The Kier molecular flexibility index (Phi) is 7.59. The Morgan fingerprint density at radius 1 is 0.882 bits per heavy atom. The molecule has 0 aliphatic rings. The highest BCUT2D eigenvalue weighted by Crippen LogP contribution is 2.13. The van der Waals surface area contributed by atoms with Crippen LogP contribution in [0, 0.1) is 5.92 Å². The lowest BCUT2D eigenvalue weighted by atomic mass is 10.0. The lowest BCUT2D eigenvalue weighted by Crippen LogP contribution is -1.89. The Morgan fingerprint density at radius 3 is 2.06 bits per heavy atom. The molecule has 0 spiro atoms. The van der Waals surface area contributed by atoms with Gasteiger partial charge in [-0.05, 0) is 29.9 Å². The van der Waals surface area contributed by atoms with E-state index in [-0.39, 0.29) is 0 Å². The molecule has 0 radical (unpaired) electrons. The van der Waals surface area contributed by atoms with Gasteiger partial charge in [0.25, 0.3) is 0 Å². The Hall–Kier alpha value is -0.300. The number of benzene rings is 1. The summed E-state index contributed by atoms with van der Waals surface area (Å²) in [6, 6.07) is 8.99. The van der Waals surface area contributed by atoms with E-state index in [1.54, 1.807) is 0 Å². The van der Waals surface area contributed by atoms with Crippen LogP contribution >= 0.6 is 15.9 Å². The molecule has 0 heterocycles. The Morgan fingerprint density at radius 2 is 1.47 bits per heavy atom. The largest absolute Gasteiger partial charge is 0.0876 e. The highest BCUT2D eigenvalue weighted by molar-refractivity contribution is 9.08. The van der Waals surface area contributed by atoms with Gasteiger partial charge in [-0.25, -0.2) is 0 Å². The molecule has 0 N–H and O–H groups in total. The van der Waals surface area contributed by atoms with Crippen molar-refractivity contribution < 1.29 is 0 Å². The normalized spacial score (nSPS) is 11.1. The van der Waals surface area contributed by atoms with Gasteiger partial charge in [0, 0.05) is 5.33 Å². The number of halogens is 1. The molecule has 0 amide bonds. The number of unbranched alkanes of at least 4 members (excludes halogenated alkanes) is 3. The Labute approximate surface area is 115 Å². The molecule has 0 saturated heterocycles. The quantitative estimate of drug-likeness (QED) is 0.424. The lowest BCUT2D eigenvalue weighted by molar-refractivity contribution is 0.520. The summed E-state index contributed by atoms with van der Waals surface area (Å²) in [6.07, 6.45) is 8.15. The Balaban J connectivity index is 2.09. The standard InChI is InChI=1S/C16H25Br/c1-14(2)7-5-3-4-6-8-15-9-11-16(13-17)12-10-15/h9-12,14H,3-8,13H2,1-2H3. The number of hydrogen-bond acceptors (Lipinski definition) is 0. The van der Waals surface area contributed by atoms with Gasteiger partial charge in [0.1, 0.15) is 0 Å². The maximum Gasteiger partial charge on any atom is 0.0283 e. The van der Waals surface area contributed by atoms with Crippen molar-refractivity contribution in [2.75, 3.05) is 0 Å². The second kappa shape index (κ2) is 8.74. The molecule has 0 nitrogen and oxygen atoms in total. The fraction of sp³-hybridized carbons (Fsp3) is 0.625. The summed E-state index contributed by atoms with van der Waals surface area (Å²) < 4.78 is 0. The summed E-state index contributed by atoms with van der Waals surface area (Å²) in [5.41, 5.74) is 2.85. The molecule has 0 aliphatic heterocycles. The van der Waals surface area contributed by atoms with E-state index in [9.17, 15) is 0 Å². The first kappa shape index (κ1) is 14.8. The molecular weight excluding hydrogens is 272 g/mol. The molecule has 0 unspecified atom stereocenters. The van der Waals surface area contributed by atoms with Crippen molar-refractivity contribution in [2.24, 2.45) is 5.92 Å². The maximum absolute atomic E-state index is 3.47.